The van der Waals surface area contributed by atoms with Gasteiger partial charge in [0.05, 0.1) is 5.69 Å². The molecule has 0 atom stereocenters. The van der Waals surface area contributed by atoms with Crippen molar-refractivity contribution in [2.45, 2.75) is 13.0 Å². The minimum absolute atomic E-state index is 0.106. The van der Waals surface area contributed by atoms with Gasteiger partial charge in [-0.1, -0.05) is 0 Å². The van der Waals surface area contributed by atoms with Crippen molar-refractivity contribution >= 4 is 5.97 Å². The van der Waals surface area contributed by atoms with Gasteiger partial charge in [-0.05, 0) is 13.0 Å². The summed E-state index contributed by atoms with van der Waals surface area (Å²) in [5.74, 6) is -1.03. The Morgan fingerprint density at radius 2 is 2.33 bits per heavy atom. The average molecular weight is 211 g/mol. The molecule has 3 N–H and O–H groups in total. The van der Waals surface area contributed by atoms with Gasteiger partial charge in [0.15, 0.2) is 0 Å². The number of aliphatic hydroxyl groups is 1. The lowest BCUT2D eigenvalue weighted by Crippen LogP contribution is -2.19. The number of carboxylic acid groups (broad SMARTS) is 1. The largest absolute Gasteiger partial charge is 0.478 e. The standard InChI is InChI=1S/C9H13N3O3/c13-3-1-2-10-5-8-7(9(14)15)4-11-6-12-8/h4,6,10,13H,1-3,5H2,(H,14,15). The molecule has 15 heavy (non-hydrogen) atoms. The van der Waals surface area contributed by atoms with Crippen LogP contribution in [-0.4, -0.2) is 39.3 Å². The Morgan fingerprint density at radius 1 is 1.53 bits per heavy atom. The Kier molecular flexibility index (Phi) is 4.65. The van der Waals surface area contributed by atoms with E-state index < -0.39 is 5.97 Å². The third-order valence-electron chi connectivity index (χ3n) is 1.83. The number of hydrogen-bond acceptors (Lipinski definition) is 5. The van der Waals surface area contributed by atoms with Gasteiger partial charge < -0.3 is 15.5 Å². The van der Waals surface area contributed by atoms with Gasteiger partial charge >= 0.3 is 5.97 Å². The van der Waals surface area contributed by atoms with Crippen LogP contribution in [0.3, 0.4) is 0 Å². The molecule has 0 spiro atoms. The predicted octanol–water partition coefficient (Wildman–Crippen LogP) is -0.353. The zero-order valence-corrected chi connectivity index (χ0v) is 8.18. The minimum atomic E-state index is -1.03. The second-order valence-electron chi connectivity index (χ2n) is 2.94. The SMILES string of the molecule is O=C(O)c1cncnc1CNCCCO. The van der Waals surface area contributed by atoms with E-state index in [4.69, 9.17) is 10.2 Å². The van der Waals surface area contributed by atoms with Gasteiger partial charge in [0.2, 0.25) is 0 Å². The van der Waals surface area contributed by atoms with Crippen LogP contribution in [0.15, 0.2) is 12.5 Å². The van der Waals surface area contributed by atoms with E-state index in [2.05, 4.69) is 15.3 Å². The molecule has 1 aromatic heterocycles. The first kappa shape index (κ1) is 11.5. The predicted molar refractivity (Wildman–Crippen MR) is 52.4 cm³/mol. The molecule has 0 aliphatic carbocycles. The van der Waals surface area contributed by atoms with Crippen molar-refractivity contribution in [1.82, 2.24) is 15.3 Å². The molecule has 0 aliphatic heterocycles. The number of nitrogens with one attached hydrogen (secondary N) is 1. The molecule has 82 valence electrons. The molecule has 0 saturated heterocycles. The topological polar surface area (TPSA) is 95.3 Å². The summed E-state index contributed by atoms with van der Waals surface area (Å²) in [7, 11) is 0. The van der Waals surface area contributed by atoms with E-state index in [1.807, 2.05) is 0 Å². The van der Waals surface area contributed by atoms with Crippen molar-refractivity contribution in [1.29, 1.82) is 0 Å². The Balaban J connectivity index is 2.56. The zero-order chi connectivity index (χ0) is 11.1. The van der Waals surface area contributed by atoms with Crippen molar-refractivity contribution in [3.8, 4) is 0 Å². The van der Waals surface area contributed by atoms with Gasteiger partial charge in [0.25, 0.3) is 0 Å². The fraction of sp³-hybridized carbons (Fsp3) is 0.444. The van der Waals surface area contributed by atoms with Gasteiger partial charge in [0.1, 0.15) is 11.9 Å². The van der Waals surface area contributed by atoms with Crippen molar-refractivity contribution in [3.05, 3.63) is 23.8 Å². The monoisotopic (exact) mass is 211 g/mol. The zero-order valence-electron chi connectivity index (χ0n) is 8.18. The maximum atomic E-state index is 10.8. The molecule has 6 heteroatoms. The highest BCUT2D eigenvalue weighted by Crippen LogP contribution is 2.02. The van der Waals surface area contributed by atoms with Gasteiger partial charge in [0, 0.05) is 19.3 Å². The van der Waals surface area contributed by atoms with Crippen LogP contribution in [0.5, 0.6) is 0 Å². The number of carbonyl (C=O) groups is 1. The van der Waals surface area contributed by atoms with E-state index >= 15 is 0 Å². The summed E-state index contributed by atoms with van der Waals surface area (Å²) in [5, 5.41) is 20.4. The molecule has 0 aliphatic rings. The van der Waals surface area contributed by atoms with E-state index in [0.717, 1.165) is 0 Å². The lowest BCUT2D eigenvalue weighted by atomic mass is 10.2. The van der Waals surface area contributed by atoms with Crippen LogP contribution in [0.1, 0.15) is 22.5 Å². The third kappa shape index (κ3) is 3.61. The highest BCUT2D eigenvalue weighted by molar-refractivity contribution is 5.88. The van der Waals surface area contributed by atoms with Crippen LogP contribution < -0.4 is 5.32 Å². The normalized spacial score (nSPS) is 10.2. The minimum Gasteiger partial charge on any atom is -0.478 e. The van der Waals surface area contributed by atoms with Crippen LogP contribution in [0.4, 0.5) is 0 Å². The Bertz CT molecular complexity index is 330. The number of rotatable bonds is 6. The Hall–Kier alpha value is -1.53. The smallest absolute Gasteiger partial charge is 0.339 e. The molecule has 6 nitrogen and oxygen atoms in total. The quantitative estimate of drug-likeness (QED) is 0.556. The molecule has 0 unspecified atom stereocenters. The third-order valence-corrected chi connectivity index (χ3v) is 1.83. The maximum absolute atomic E-state index is 10.8. The van der Waals surface area contributed by atoms with Crippen LogP contribution in [-0.2, 0) is 6.54 Å². The van der Waals surface area contributed by atoms with Crippen LogP contribution in [0, 0.1) is 0 Å². The molecule has 0 radical (unpaired) electrons. The molecule has 0 saturated carbocycles. The molecule has 0 fully saturated rings. The summed E-state index contributed by atoms with van der Waals surface area (Å²) in [6, 6.07) is 0. The van der Waals surface area contributed by atoms with Gasteiger partial charge in [-0.3, -0.25) is 0 Å². The van der Waals surface area contributed by atoms with Gasteiger partial charge in [-0.2, -0.15) is 0 Å². The fourth-order valence-corrected chi connectivity index (χ4v) is 1.09. The molecular formula is C9H13N3O3. The summed E-state index contributed by atoms with van der Waals surface area (Å²) in [4.78, 5) is 18.3. The second-order valence-corrected chi connectivity index (χ2v) is 2.94. The number of aromatic carboxylic acids is 1. The summed E-state index contributed by atoms with van der Waals surface area (Å²) in [5.41, 5.74) is 0.560. The molecule has 1 heterocycles. The highest BCUT2D eigenvalue weighted by Gasteiger charge is 2.10. The average Bonchev–Trinajstić information content (AvgIpc) is 2.25. The number of nitrogens with zero attached hydrogens (tertiary/aromatic N) is 2. The Labute approximate surface area is 87.0 Å². The Morgan fingerprint density at radius 3 is 3.00 bits per heavy atom. The second kappa shape index (κ2) is 6.05. The molecule has 1 aromatic rings. The summed E-state index contributed by atoms with van der Waals surface area (Å²) in [6.07, 6.45) is 3.22. The highest BCUT2D eigenvalue weighted by atomic mass is 16.4. The summed E-state index contributed by atoms with van der Waals surface area (Å²) >= 11 is 0. The first-order valence-electron chi connectivity index (χ1n) is 4.59. The molecule has 1 rings (SSSR count). The number of carboxylic acids is 1. The van der Waals surface area contributed by atoms with Crippen molar-refractivity contribution in [2.24, 2.45) is 0 Å². The van der Waals surface area contributed by atoms with E-state index in [0.29, 0.717) is 25.2 Å². The maximum Gasteiger partial charge on any atom is 0.339 e. The number of aliphatic hydroxyl groups excluding tert-OH is 1. The van der Waals surface area contributed by atoms with E-state index in [-0.39, 0.29) is 12.2 Å². The van der Waals surface area contributed by atoms with Gasteiger partial charge in [-0.15, -0.1) is 0 Å². The fourth-order valence-electron chi connectivity index (χ4n) is 1.09. The van der Waals surface area contributed by atoms with Crippen LogP contribution >= 0.6 is 0 Å². The van der Waals surface area contributed by atoms with E-state index in [1.54, 1.807) is 0 Å². The van der Waals surface area contributed by atoms with Crippen molar-refractivity contribution < 1.29 is 15.0 Å². The van der Waals surface area contributed by atoms with Gasteiger partial charge in [-0.25, -0.2) is 14.8 Å². The first-order valence-corrected chi connectivity index (χ1v) is 4.59. The van der Waals surface area contributed by atoms with E-state index in [9.17, 15) is 4.79 Å². The lowest BCUT2D eigenvalue weighted by molar-refractivity contribution is 0.0694. The molecule has 0 aromatic carbocycles. The summed E-state index contributed by atoms with van der Waals surface area (Å²) < 4.78 is 0. The van der Waals surface area contributed by atoms with Crippen LogP contribution in [0.25, 0.3) is 0 Å². The van der Waals surface area contributed by atoms with Crippen molar-refractivity contribution in [2.75, 3.05) is 13.2 Å². The summed E-state index contributed by atoms with van der Waals surface area (Å²) in [6.45, 7) is 1.10. The number of aromatic nitrogens is 2. The molecular weight excluding hydrogens is 198 g/mol. The van der Waals surface area contributed by atoms with Crippen LogP contribution in [0.2, 0.25) is 0 Å². The van der Waals surface area contributed by atoms with E-state index in [1.165, 1.54) is 12.5 Å². The first-order chi connectivity index (χ1) is 7.25. The van der Waals surface area contributed by atoms with Crippen molar-refractivity contribution in [3.63, 3.8) is 0 Å². The molecule has 0 bridgehead atoms. The lowest BCUT2D eigenvalue weighted by Gasteiger charge is -2.05. The molecule has 0 amide bonds. The number of hydrogen-bond donors (Lipinski definition) is 3.